The molecule has 192 valence electrons. The van der Waals surface area contributed by atoms with Crippen molar-refractivity contribution in [3.05, 3.63) is 115 Å². The van der Waals surface area contributed by atoms with Crippen LogP contribution in [0.4, 0.5) is 10.1 Å². The lowest BCUT2D eigenvalue weighted by Crippen LogP contribution is -2.11. The first-order valence-electron chi connectivity index (χ1n) is 12.5. The molecule has 0 saturated carbocycles. The van der Waals surface area contributed by atoms with Gasteiger partial charge in [0.15, 0.2) is 5.65 Å². The summed E-state index contributed by atoms with van der Waals surface area (Å²) in [5.74, 6) is -0.493. The molecule has 3 N–H and O–H groups in total. The number of nitrogens with one attached hydrogen (secondary N) is 3. The predicted octanol–water partition coefficient (Wildman–Crippen LogP) is 6.62. The number of anilines is 1. The Labute approximate surface area is 227 Å². The summed E-state index contributed by atoms with van der Waals surface area (Å²) in [5, 5.41) is 12.1. The molecule has 0 aliphatic rings. The molecule has 0 saturated heterocycles. The maximum atomic E-state index is 13.5. The van der Waals surface area contributed by atoms with Crippen molar-refractivity contribution in [2.45, 2.75) is 0 Å². The summed E-state index contributed by atoms with van der Waals surface area (Å²) in [4.78, 5) is 29.4. The Bertz CT molecular complexity index is 2010. The molecule has 1 amide bonds. The number of pyridine rings is 3. The summed E-state index contributed by atoms with van der Waals surface area (Å²) in [5.41, 5.74) is 7.37. The Morgan fingerprint density at radius 1 is 0.775 bits per heavy atom. The second kappa shape index (κ2) is 9.55. The number of hydrogen-bond donors (Lipinski definition) is 3. The van der Waals surface area contributed by atoms with Gasteiger partial charge in [0, 0.05) is 46.1 Å². The number of aromatic amines is 2. The lowest BCUT2D eigenvalue weighted by Gasteiger charge is -2.07. The Kier molecular flexibility index (Phi) is 5.59. The van der Waals surface area contributed by atoms with E-state index in [1.54, 1.807) is 49.1 Å². The molecule has 7 rings (SSSR count). The van der Waals surface area contributed by atoms with Crippen LogP contribution in [0.3, 0.4) is 0 Å². The Morgan fingerprint density at radius 2 is 1.60 bits per heavy atom. The molecule has 0 aliphatic carbocycles. The van der Waals surface area contributed by atoms with Crippen molar-refractivity contribution in [2.24, 2.45) is 0 Å². The molecule has 9 heteroatoms. The van der Waals surface area contributed by atoms with Crippen molar-refractivity contribution < 1.29 is 9.18 Å². The highest BCUT2D eigenvalue weighted by molar-refractivity contribution is 6.04. The molecule has 0 fully saturated rings. The van der Waals surface area contributed by atoms with Crippen molar-refractivity contribution in [3.8, 4) is 33.6 Å². The van der Waals surface area contributed by atoms with Crippen molar-refractivity contribution in [2.75, 3.05) is 5.32 Å². The van der Waals surface area contributed by atoms with E-state index in [9.17, 15) is 9.18 Å². The standard InChI is InChI=1S/C31H20FN7O/c32-22-8-6-18(7-9-22)24-10-11-34-29-25(24)14-27(37-29)28-26-13-21(16-35-30(26)39-38-28)20-12-23(17-33-15-20)36-31(40)19-4-2-1-3-5-19/h1-17H,(H,34,37)(H,36,40)(H,35,38,39). The number of amides is 1. The first-order chi connectivity index (χ1) is 19.6. The van der Waals surface area contributed by atoms with Crippen LogP contribution >= 0.6 is 0 Å². The highest BCUT2D eigenvalue weighted by Gasteiger charge is 2.16. The van der Waals surface area contributed by atoms with Gasteiger partial charge in [-0.25, -0.2) is 14.4 Å². The van der Waals surface area contributed by atoms with E-state index in [0.29, 0.717) is 28.2 Å². The van der Waals surface area contributed by atoms with Gasteiger partial charge < -0.3 is 10.3 Å². The fourth-order valence-electron chi connectivity index (χ4n) is 4.76. The molecular weight excluding hydrogens is 505 g/mol. The zero-order valence-electron chi connectivity index (χ0n) is 20.9. The minimum atomic E-state index is -0.283. The second-order valence-corrected chi connectivity index (χ2v) is 9.29. The van der Waals surface area contributed by atoms with Crippen LogP contribution < -0.4 is 5.32 Å². The number of aromatic nitrogens is 6. The van der Waals surface area contributed by atoms with Gasteiger partial charge in [0.2, 0.25) is 0 Å². The van der Waals surface area contributed by atoms with E-state index in [-0.39, 0.29) is 11.7 Å². The average molecular weight is 526 g/mol. The van der Waals surface area contributed by atoms with Gasteiger partial charge in [-0.2, -0.15) is 5.10 Å². The lowest BCUT2D eigenvalue weighted by molar-refractivity contribution is 0.102. The number of carbonyl (C=O) groups excluding carboxylic acids is 1. The summed E-state index contributed by atoms with van der Waals surface area (Å²) in [7, 11) is 0. The summed E-state index contributed by atoms with van der Waals surface area (Å²) in [6.45, 7) is 0. The van der Waals surface area contributed by atoms with Gasteiger partial charge in [0.25, 0.3) is 5.91 Å². The first kappa shape index (κ1) is 23.4. The molecule has 0 spiro atoms. The molecule has 8 nitrogen and oxygen atoms in total. The highest BCUT2D eigenvalue weighted by atomic mass is 19.1. The monoisotopic (exact) mass is 525 g/mol. The Hall–Kier alpha value is -5.70. The third-order valence-corrected chi connectivity index (χ3v) is 6.72. The van der Waals surface area contributed by atoms with E-state index < -0.39 is 0 Å². The van der Waals surface area contributed by atoms with E-state index in [0.717, 1.165) is 38.7 Å². The van der Waals surface area contributed by atoms with Gasteiger partial charge in [-0.15, -0.1) is 0 Å². The van der Waals surface area contributed by atoms with Crippen LogP contribution in [0.2, 0.25) is 0 Å². The molecule has 7 aromatic rings. The van der Waals surface area contributed by atoms with Gasteiger partial charge in [-0.1, -0.05) is 30.3 Å². The third-order valence-electron chi connectivity index (χ3n) is 6.72. The van der Waals surface area contributed by atoms with E-state index in [1.807, 2.05) is 42.5 Å². The fraction of sp³-hybridized carbons (Fsp3) is 0. The van der Waals surface area contributed by atoms with Gasteiger partial charge in [0.05, 0.1) is 17.6 Å². The average Bonchev–Trinajstić information content (AvgIpc) is 3.62. The number of fused-ring (bicyclic) bond motifs is 2. The predicted molar refractivity (Wildman–Crippen MR) is 152 cm³/mol. The normalized spacial score (nSPS) is 11.2. The van der Waals surface area contributed by atoms with E-state index in [2.05, 4.69) is 35.5 Å². The zero-order chi connectivity index (χ0) is 27.1. The van der Waals surface area contributed by atoms with Crippen molar-refractivity contribution in [1.82, 2.24) is 30.1 Å². The zero-order valence-corrected chi connectivity index (χ0v) is 20.9. The molecule has 5 heterocycles. The third kappa shape index (κ3) is 4.25. The Balaban J connectivity index is 1.25. The van der Waals surface area contributed by atoms with Gasteiger partial charge in [-0.05, 0) is 59.7 Å². The first-order valence-corrected chi connectivity index (χ1v) is 12.5. The minimum absolute atomic E-state index is 0.210. The molecular formula is C31H20FN7O. The molecule has 40 heavy (non-hydrogen) atoms. The highest BCUT2D eigenvalue weighted by Crippen LogP contribution is 2.34. The van der Waals surface area contributed by atoms with E-state index >= 15 is 0 Å². The second-order valence-electron chi connectivity index (χ2n) is 9.29. The van der Waals surface area contributed by atoms with Crippen LogP contribution in [-0.4, -0.2) is 36.0 Å². The maximum absolute atomic E-state index is 13.5. The summed E-state index contributed by atoms with van der Waals surface area (Å²) in [6, 6.07) is 23.2. The number of hydrogen-bond acceptors (Lipinski definition) is 5. The minimum Gasteiger partial charge on any atom is -0.338 e. The van der Waals surface area contributed by atoms with E-state index in [4.69, 9.17) is 0 Å². The van der Waals surface area contributed by atoms with Crippen molar-refractivity contribution in [1.29, 1.82) is 0 Å². The van der Waals surface area contributed by atoms with Crippen molar-refractivity contribution >= 4 is 33.7 Å². The van der Waals surface area contributed by atoms with Gasteiger partial charge >= 0.3 is 0 Å². The molecule has 5 aromatic heterocycles. The quantitative estimate of drug-likeness (QED) is 0.234. The van der Waals surface area contributed by atoms with Gasteiger partial charge in [0.1, 0.15) is 17.2 Å². The molecule has 0 unspecified atom stereocenters. The van der Waals surface area contributed by atoms with Crippen LogP contribution in [0.1, 0.15) is 10.4 Å². The van der Waals surface area contributed by atoms with Crippen LogP contribution in [0.25, 0.3) is 55.7 Å². The largest absolute Gasteiger partial charge is 0.338 e. The number of H-pyrrole nitrogens is 2. The van der Waals surface area contributed by atoms with Crippen LogP contribution in [0.5, 0.6) is 0 Å². The molecule has 0 bridgehead atoms. The summed E-state index contributed by atoms with van der Waals surface area (Å²) < 4.78 is 13.5. The van der Waals surface area contributed by atoms with Crippen LogP contribution in [0, 0.1) is 5.82 Å². The molecule has 0 aliphatic heterocycles. The number of benzene rings is 2. The SMILES string of the molecule is O=C(Nc1cncc(-c2cnc3[nH]nc(-c4cc5c(-c6ccc(F)cc6)ccnc5[nH]4)c3c2)c1)c1ccccc1. The maximum Gasteiger partial charge on any atom is 0.255 e. The summed E-state index contributed by atoms with van der Waals surface area (Å²) in [6.07, 6.45) is 6.79. The van der Waals surface area contributed by atoms with Crippen LogP contribution in [-0.2, 0) is 0 Å². The van der Waals surface area contributed by atoms with Crippen molar-refractivity contribution in [3.63, 3.8) is 0 Å². The lowest BCUT2D eigenvalue weighted by atomic mass is 10.0. The number of carbonyl (C=O) groups is 1. The topological polar surface area (TPSA) is 112 Å². The smallest absolute Gasteiger partial charge is 0.255 e. The number of halogens is 1. The fourth-order valence-corrected chi connectivity index (χ4v) is 4.76. The molecule has 0 atom stereocenters. The number of nitrogens with zero attached hydrogens (tertiary/aromatic N) is 4. The van der Waals surface area contributed by atoms with E-state index in [1.165, 1.54) is 12.1 Å². The van der Waals surface area contributed by atoms with Gasteiger partial charge in [-0.3, -0.25) is 14.9 Å². The Morgan fingerprint density at radius 3 is 2.45 bits per heavy atom. The number of rotatable bonds is 5. The van der Waals surface area contributed by atoms with Crippen LogP contribution in [0.15, 0.2) is 104 Å². The summed E-state index contributed by atoms with van der Waals surface area (Å²) >= 11 is 0. The molecule has 2 aromatic carbocycles. The molecule has 0 radical (unpaired) electrons.